The van der Waals surface area contributed by atoms with Crippen LogP contribution in [0.25, 0.3) is 0 Å². The molecule has 6 heteroatoms. The van der Waals surface area contributed by atoms with Crippen molar-refractivity contribution in [3.05, 3.63) is 56.8 Å². The number of halogens is 1. The average molecular weight is 303 g/mol. The maximum absolute atomic E-state index is 9.42. The fourth-order valence-electron chi connectivity index (χ4n) is 2.29. The summed E-state index contributed by atoms with van der Waals surface area (Å²) < 4.78 is 0. The summed E-state index contributed by atoms with van der Waals surface area (Å²) in [7, 11) is 0. The quantitative estimate of drug-likeness (QED) is 0.696. The van der Waals surface area contributed by atoms with E-state index in [1.165, 1.54) is 0 Å². The molecule has 20 heavy (non-hydrogen) atoms. The van der Waals surface area contributed by atoms with Crippen molar-refractivity contribution >= 4 is 24.2 Å². The number of benzene rings is 1. The monoisotopic (exact) mass is 302 g/mol. The van der Waals surface area contributed by atoms with E-state index in [1.54, 1.807) is 31.2 Å². The molecule has 2 rings (SSSR count). The minimum atomic E-state index is -0.944. The van der Waals surface area contributed by atoms with Crippen LogP contribution in [0.3, 0.4) is 0 Å². The van der Waals surface area contributed by atoms with Crippen molar-refractivity contribution in [2.75, 3.05) is 0 Å². The number of nitrogens with one attached hydrogen (secondary N) is 1. The second-order valence-corrected chi connectivity index (χ2v) is 5.38. The number of rotatable bonds is 1. The van der Waals surface area contributed by atoms with E-state index in [9.17, 15) is 10.5 Å². The molecule has 3 N–H and O–H groups in total. The highest BCUT2D eigenvalue weighted by molar-refractivity contribution is 7.84. The molecule has 0 saturated heterocycles. The van der Waals surface area contributed by atoms with Gasteiger partial charge in [-0.2, -0.15) is 10.5 Å². The molecule has 1 aromatic rings. The van der Waals surface area contributed by atoms with Gasteiger partial charge in [-0.05, 0) is 24.6 Å². The third-order valence-electron chi connectivity index (χ3n) is 3.40. The van der Waals surface area contributed by atoms with E-state index in [2.05, 4.69) is 30.1 Å². The first-order chi connectivity index (χ1) is 9.44. The lowest BCUT2D eigenvalue weighted by Gasteiger charge is -2.34. The van der Waals surface area contributed by atoms with Crippen molar-refractivity contribution in [2.45, 2.75) is 12.3 Å². The van der Waals surface area contributed by atoms with Gasteiger partial charge in [-0.1, -0.05) is 23.7 Å². The fraction of sp³-hybridized carbons (Fsp3) is 0.143. The smallest absolute Gasteiger partial charge is 0.116 e. The number of thiol groups is 1. The lowest BCUT2D eigenvalue weighted by Crippen LogP contribution is -2.38. The molecule has 0 unspecified atom stereocenters. The Morgan fingerprint density at radius 2 is 1.75 bits per heavy atom. The summed E-state index contributed by atoms with van der Waals surface area (Å²) in [5, 5.41) is 22.5. The van der Waals surface area contributed by atoms with Gasteiger partial charge >= 0.3 is 0 Å². The molecule has 1 aliphatic heterocycles. The number of dihydropyridines is 1. The van der Waals surface area contributed by atoms with Crippen LogP contribution in [0.1, 0.15) is 12.5 Å². The number of hydrogen-bond donors (Lipinski definition) is 3. The molecule has 1 atom stereocenters. The number of hydrogen-bond acceptors (Lipinski definition) is 5. The first kappa shape index (κ1) is 14.3. The molecule has 0 aliphatic carbocycles. The van der Waals surface area contributed by atoms with Gasteiger partial charge in [-0.25, -0.2) is 0 Å². The van der Waals surface area contributed by atoms with Gasteiger partial charge in [-0.15, -0.1) is 12.6 Å². The minimum Gasteiger partial charge on any atom is -0.384 e. The maximum Gasteiger partial charge on any atom is 0.116 e. The van der Waals surface area contributed by atoms with E-state index in [4.69, 9.17) is 17.3 Å². The fourth-order valence-corrected chi connectivity index (χ4v) is 2.81. The average Bonchev–Trinajstić information content (AvgIpc) is 2.39. The molecule has 100 valence electrons. The van der Waals surface area contributed by atoms with Crippen molar-refractivity contribution in [1.29, 1.82) is 10.5 Å². The Balaban J connectivity index is 2.76. The Morgan fingerprint density at radius 1 is 1.20 bits per heavy atom. The molecule has 0 spiro atoms. The second-order valence-electron chi connectivity index (χ2n) is 4.49. The third-order valence-corrected chi connectivity index (χ3v) is 3.99. The Bertz CT molecular complexity index is 668. The van der Waals surface area contributed by atoms with Gasteiger partial charge in [0.15, 0.2) is 0 Å². The molecule has 4 nitrogen and oxygen atoms in total. The number of nitrogens with zero attached hydrogens (tertiary/aromatic N) is 2. The molecule has 0 aromatic heterocycles. The van der Waals surface area contributed by atoms with Gasteiger partial charge in [-0.3, -0.25) is 0 Å². The summed E-state index contributed by atoms with van der Waals surface area (Å²) in [5.41, 5.74) is 6.31. The van der Waals surface area contributed by atoms with E-state index in [1.807, 2.05) is 0 Å². The van der Waals surface area contributed by atoms with Gasteiger partial charge in [0.2, 0.25) is 0 Å². The molecule has 0 amide bonds. The van der Waals surface area contributed by atoms with Crippen molar-refractivity contribution < 1.29 is 0 Å². The van der Waals surface area contributed by atoms with E-state index < -0.39 is 5.41 Å². The largest absolute Gasteiger partial charge is 0.384 e. The van der Waals surface area contributed by atoms with Gasteiger partial charge in [0.1, 0.15) is 5.82 Å². The van der Waals surface area contributed by atoms with Gasteiger partial charge in [0.05, 0.1) is 33.7 Å². The van der Waals surface area contributed by atoms with Crippen molar-refractivity contribution in [3.8, 4) is 12.1 Å². The highest BCUT2D eigenvalue weighted by atomic mass is 35.5. The van der Waals surface area contributed by atoms with Crippen LogP contribution in [0.4, 0.5) is 0 Å². The SMILES string of the molecule is C[C@]1(c2ccc(Cl)cc2)C(C#N)=C(N)NC(S)=C1C#N. The molecule has 1 aliphatic rings. The standard InChI is InChI=1S/C14H11ClN4S/c1-14(8-2-4-9(15)5-3-8)10(6-16)12(18)19-13(20)11(14)7-17/h2-5,19-20H,18H2,1H3/t14-/m0/s1. The molecule has 0 bridgehead atoms. The lowest BCUT2D eigenvalue weighted by atomic mass is 9.70. The molecular formula is C14H11ClN4S. The molecule has 0 radical (unpaired) electrons. The first-order valence-electron chi connectivity index (χ1n) is 5.72. The Labute approximate surface area is 127 Å². The predicted octanol–water partition coefficient (Wildman–Crippen LogP) is 2.56. The molecule has 1 aromatic carbocycles. The second kappa shape index (κ2) is 5.13. The third kappa shape index (κ3) is 2.02. The van der Waals surface area contributed by atoms with Crippen molar-refractivity contribution in [1.82, 2.24) is 5.32 Å². The van der Waals surface area contributed by atoms with Crippen LogP contribution in [0.5, 0.6) is 0 Å². The van der Waals surface area contributed by atoms with Crippen LogP contribution in [0.2, 0.25) is 5.02 Å². The summed E-state index contributed by atoms with van der Waals surface area (Å²) in [6, 6.07) is 11.2. The van der Waals surface area contributed by atoms with Gasteiger partial charge in [0.25, 0.3) is 0 Å². The summed E-state index contributed by atoms with van der Waals surface area (Å²) >= 11 is 10.1. The zero-order valence-electron chi connectivity index (χ0n) is 10.6. The molecular weight excluding hydrogens is 292 g/mol. The van der Waals surface area contributed by atoms with Crippen LogP contribution < -0.4 is 11.1 Å². The van der Waals surface area contributed by atoms with Crippen molar-refractivity contribution in [2.24, 2.45) is 5.73 Å². The van der Waals surface area contributed by atoms with Crippen molar-refractivity contribution in [3.63, 3.8) is 0 Å². The first-order valence-corrected chi connectivity index (χ1v) is 6.55. The Hall–Kier alpha value is -2.08. The van der Waals surface area contributed by atoms with Crippen LogP contribution in [-0.4, -0.2) is 0 Å². The molecule has 0 fully saturated rings. The predicted molar refractivity (Wildman–Crippen MR) is 80.4 cm³/mol. The number of nitriles is 2. The zero-order chi connectivity index (χ0) is 14.9. The molecule has 0 saturated carbocycles. The summed E-state index contributed by atoms with van der Waals surface area (Å²) in [5.74, 6) is 0.203. The molecule has 1 heterocycles. The van der Waals surface area contributed by atoms with E-state index in [0.717, 1.165) is 5.56 Å². The summed E-state index contributed by atoms with van der Waals surface area (Å²) in [4.78, 5) is 0. The highest BCUT2D eigenvalue weighted by Crippen LogP contribution is 2.43. The van der Waals surface area contributed by atoms with Crippen LogP contribution >= 0.6 is 24.2 Å². The number of nitrogens with two attached hydrogens (primary N) is 1. The minimum absolute atomic E-state index is 0.203. The Morgan fingerprint density at radius 3 is 2.25 bits per heavy atom. The maximum atomic E-state index is 9.42. The highest BCUT2D eigenvalue weighted by Gasteiger charge is 2.42. The lowest BCUT2D eigenvalue weighted by molar-refractivity contribution is 0.648. The van der Waals surface area contributed by atoms with Gasteiger partial charge < -0.3 is 11.1 Å². The van der Waals surface area contributed by atoms with Crippen LogP contribution in [0, 0.1) is 22.7 Å². The topological polar surface area (TPSA) is 85.6 Å². The van der Waals surface area contributed by atoms with E-state index in [0.29, 0.717) is 15.6 Å². The number of allylic oxidation sites excluding steroid dienone is 2. The summed E-state index contributed by atoms with van der Waals surface area (Å²) in [6.07, 6.45) is 0. The summed E-state index contributed by atoms with van der Waals surface area (Å²) in [6.45, 7) is 1.78. The zero-order valence-corrected chi connectivity index (χ0v) is 12.3. The van der Waals surface area contributed by atoms with Crippen LogP contribution in [0.15, 0.2) is 46.3 Å². The Kier molecular flexibility index (Phi) is 3.67. The van der Waals surface area contributed by atoms with Crippen LogP contribution in [-0.2, 0) is 5.41 Å². The van der Waals surface area contributed by atoms with E-state index in [-0.39, 0.29) is 11.4 Å². The van der Waals surface area contributed by atoms with Gasteiger partial charge in [0, 0.05) is 5.02 Å². The normalized spacial score (nSPS) is 22.1. The van der Waals surface area contributed by atoms with E-state index >= 15 is 0 Å².